The minimum absolute atomic E-state index is 0.0472. The second kappa shape index (κ2) is 5.21. The van der Waals surface area contributed by atoms with Crippen LogP contribution in [0.1, 0.15) is 27.7 Å². The van der Waals surface area contributed by atoms with Gasteiger partial charge in [-0.2, -0.15) is 13.2 Å². The molecule has 3 rings (SSSR count). The topological polar surface area (TPSA) is 38.3 Å². The molecule has 0 radical (unpaired) electrons. The molecule has 0 unspecified atom stereocenters. The van der Waals surface area contributed by atoms with Crippen molar-refractivity contribution in [3.8, 4) is 0 Å². The summed E-state index contributed by atoms with van der Waals surface area (Å²) in [6.45, 7) is 0. The van der Waals surface area contributed by atoms with Gasteiger partial charge in [-0.25, -0.2) is 4.79 Å². The summed E-state index contributed by atoms with van der Waals surface area (Å²) in [6.07, 6.45) is -5.35. The molecule has 1 atom stereocenters. The first-order chi connectivity index (χ1) is 10.4. The summed E-state index contributed by atoms with van der Waals surface area (Å²) in [6, 6.07) is 9.57. The Labute approximate surface area is 128 Å². The lowest BCUT2D eigenvalue weighted by molar-refractivity contribution is -0.137. The quantitative estimate of drug-likeness (QED) is 0.817. The van der Waals surface area contributed by atoms with Crippen LogP contribution in [0.25, 0.3) is 0 Å². The van der Waals surface area contributed by atoms with Crippen LogP contribution in [0.15, 0.2) is 42.5 Å². The monoisotopic (exact) mass is 327 g/mol. The van der Waals surface area contributed by atoms with Crippen LogP contribution in [0.3, 0.4) is 0 Å². The zero-order valence-electron chi connectivity index (χ0n) is 10.9. The Morgan fingerprint density at radius 3 is 2.59 bits per heavy atom. The van der Waals surface area contributed by atoms with Crippen molar-refractivity contribution < 1.29 is 22.7 Å². The Morgan fingerprint density at radius 2 is 1.86 bits per heavy atom. The fraction of sp³-hybridized carbons (Fsp3) is 0.133. The van der Waals surface area contributed by atoms with E-state index in [4.69, 9.17) is 16.3 Å². The van der Waals surface area contributed by atoms with Gasteiger partial charge in [0.2, 0.25) is 6.23 Å². The molecule has 0 aromatic heterocycles. The van der Waals surface area contributed by atoms with Gasteiger partial charge in [-0.05, 0) is 24.3 Å². The fourth-order valence-electron chi connectivity index (χ4n) is 2.21. The number of hydrogen-bond donors (Lipinski definition) is 1. The summed E-state index contributed by atoms with van der Waals surface area (Å²) in [5, 5.41) is 2.84. The number of fused-ring (bicyclic) bond motifs is 1. The molecule has 0 aliphatic carbocycles. The highest BCUT2D eigenvalue weighted by Crippen LogP contribution is 2.37. The van der Waals surface area contributed by atoms with Gasteiger partial charge in [0.25, 0.3) is 0 Å². The first-order valence-corrected chi connectivity index (χ1v) is 6.67. The minimum atomic E-state index is -4.48. The maximum atomic E-state index is 12.8. The average Bonchev–Trinajstić information content (AvgIpc) is 2.77. The van der Waals surface area contributed by atoms with Crippen LogP contribution in [-0.4, -0.2) is 5.97 Å². The molecule has 2 aromatic carbocycles. The Bertz CT molecular complexity index is 746. The molecule has 1 N–H and O–H groups in total. The maximum absolute atomic E-state index is 12.8. The Kier molecular flexibility index (Phi) is 3.48. The molecule has 0 amide bonds. The van der Waals surface area contributed by atoms with E-state index < -0.39 is 23.9 Å². The lowest BCUT2D eigenvalue weighted by Crippen LogP contribution is -2.12. The molecule has 2 aromatic rings. The van der Waals surface area contributed by atoms with Gasteiger partial charge >= 0.3 is 12.1 Å². The van der Waals surface area contributed by atoms with E-state index in [-0.39, 0.29) is 10.7 Å². The van der Waals surface area contributed by atoms with Crippen molar-refractivity contribution in [1.82, 2.24) is 0 Å². The van der Waals surface area contributed by atoms with Crippen LogP contribution in [0.2, 0.25) is 5.02 Å². The second-order valence-electron chi connectivity index (χ2n) is 4.71. The van der Waals surface area contributed by atoms with Crippen LogP contribution in [-0.2, 0) is 10.9 Å². The van der Waals surface area contributed by atoms with Gasteiger partial charge in [0.1, 0.15) is 0 Å². The van der Waals surface area contributed by atoms with Crippen molar-refractivity contribution in [1.29, 1.82) is 0 Å². The van der Waals surface area contributed by atoms with Crippen LogP contribution in [0, 0.1) is 0 Å². The Morgan fingerprint density at radius 1 is 1.14 bits per heavy atom. The number of alkyl halides is 3. The van der Waals surface area contributed by atoms with Crippen LogP contribution >= 0.6 is 11.6 Å². The third kappa shape index (κ3) is 2.62. The van der Waals surface area contributed by atoms with Crippen molar-refractivity contribution in [3.05, 3.63) is 64.2 Å². The first kappa shape index (κ1) is 14.7. The van der Waals surface area contributed by atoms with E-state index in [0.717, 1.165) is 18.2 Å². The Hall–Kier alpha value is -2.21. The van der Waals surface area contributed by atoms with E-state index in [2.05, 4.69) is 5.32 Å². The number of ether oxygens (including phenoxy) is 1. The molecule has 0 bridgehead atoms. The number of anilines is 1. The molecule has 7 heteroatoms. The summed E-state index contributed by atoms with van der Waals surface area (Å²) in [4.78, 5) is 11.7. The fourth-order valence-corrected chi connectivity index (χ4v) is 2.38. The molecule has 0 saturated heterocycles. The number of carbonyl (C=O) groups is 1. The van der Waals surface area contributed by atoms with E-state index >= 15 is 0 Å². The van der Waals surface area contributed by atoms with Gasteiger partial charge in [-0.1, -0.05) is 29.8 Å². The SMILES string of the molecule is O=C1O[C@@H](Nc2cc(C(F)(F)F)ccc2Cl)c2ccccc21. The van der Waals surface area contributed by atoms with Crippen molar-refractivity contribution in [2.45, 2.75) is 12.4 Å². The lowest BCUT2D eigenvalue weighted by atomic mass is 10.1. The molecule has 0 saturated carbocycles. The van der Waals surface area contributed by atoms with Crippen molar-refractivity contribution >= 4 is 23.3 Å². The number of hydrogen-bond acceptors (Lipinski definition) is 3. The van der Waals surface area contributed by atoms with Gasteiger partial charge in [0.15, 0.2) is 0 Å². The number of carbonyl (C=O) groups excluding carboxylic acids is 1. The van der Waals surface area contributed by atoms with Crippen LogP contribution < -0.4 is 5.32 Å². The summed E-state index contributed by atoms with van der Waals surface area (Å²) < 4.78 is 43.4. The molecular weight excluding hydrogens is 319 g/mol. The van der Waals surface area contributed by atoms with Gasteiger partial charge < -0.3 is 10.1 Å². The lowest BCUT2D eigenvalue weighted by Gasteiger charge is -2.17. The van der Waals surface area contributed by atoms with E-state index in [9.17, 15) is 18.0 Å². The van der Waals surface area contributed by atoms with E-state index in [1.165, 1.54) is 0 Å². The zero-order chi connectivity index (χ0) is 15.9. The number of benzene rings is 2. The van der Waals surface area contributed by atoms with Gasteiger partial charge in [0.05, 0.1) is 21.8 Å². The van der Waals surface area contributed by atoms with Crippen molar-refractivity contribution in [2.24, 2.45) is 0 Å². The van der Waals surface area contributed by atoms with Gasteiger partial charge in [-0.3, -0.25) is 0 Å². The van der Waals surface area contributed by atoms with Crippen LogP contribution in [0.4, 0.5) is 18.9 Å². The normalized spacial score (nSPS) is 17.1. The largest absolute Gasteiger partial charge is 0.434 e. The highest BCUT2D eigenvalue weighted by molar-refractivity contribution is 6.33. The standard InChI is InChI=1S/C15H9ClF3NO2/c16-11-6-5-8(15(17,18)19)7-12(11)20-13-9-3-1-2-4-10(9)14(21)22-13/h1-7,13,20H/t13-/m1/s1. The van der Waals surface area contributed by atoms with E-state index in [0.29, 0.717) is 11.1 Å². The second-order valence-corrected chi connectivity index (χ2v) is 5.12. The highest BCUT2D eigenvalue weighted by Gasteiger charge is 2.33. The predicted molar refractivity (Wildman–Crippen MR) is 74.7 cm³/mol. The van der Waals surface area contributed by atoms with Crippen molar-refractivity contribution in [3.63, 3.8) is 0 Å². The molecule has 1 aliphatic heterocycles. The zero-order valence-corrected chi connectivity index (χ0v) is 11.7. The van der Waals surface area contributed by atoms with Crippen molar-refractivity contribution in [2.75, 3.05) is 5.32 Å². The number of halogens is 4. The maximum Gasteiger partial charge on any atom is 0.416 e. The highest BCUT2D eigenvalue weighted by atomic mass is 35.5. The molecular formula is C15H9ClF3NO2. The smallest absolute Gasteiger partial charge is 0.416 e. The molecule has 1 aliphatic rings. The van der Waals surface area contributed by atoms with Crippen LogP contribution in [0.5, 0.6) is 0 Å². The number of nitrogens with one attached hydrogen (secondary N) is 1. The predicted octanol–water partition coefficient (Wildman–Crippen LogP) is 4.64. The van der Waals surface area contributed by atoms with Gasteiger partial charge in [0, 0.05) is 5.56 Å². The average molecular weight is 328 g/mol. The first-order valence-electron chi connectivity index (χ1n) is 6.29. The molecule has 22 heavy (non-hydrogen) atoms. The van der Waals surface area contributed by atoms with Gasteiger partial charge in [-0.15, -0.1) is 0 Å². The third-order valence-electron chi connectivity index (χ3n) is 3.27. The summed E-state index contributed by atoms with van der Waals surface area (Å²) >= 11 is 5.92. The number of rotatable bonds is 2. The third-order valence-corrected chi connectivity index (χ3v) is 3.60. The number of cyclic esters (lactones) is 1. The molecule has 1 heterocycles. The molecule has 0 fully saturated rings. The summed E-state index contributed by atoms with van der Waals surface area (Å²) in [5.74, 6) is -0.531. The van der Waals surface area contributed by atoms with E-state index in [1.807, 2.05) is 0 Å². The molecule has 0 spiro atoms. The minimum Gasteiger partial charge on any atom is -0.434 e. The number of esters is 1. The molecule has 3 nitrogen and oxygen atoms in total. The summed E-state index contributed by atoms with van der Waals surface area (Å²) in [7, 11) is 0. The molecule has 114 valence electrons. The Balaban J connectivity index is 1.93. The van der Waals surface area contributed by atoms with E-state index in [1.54, 1.807) is 24.3 Å². The summed E-state index contributed by atoms with van der Waals surface area (Å²) in [5.41, 5.74) is 0.145.